The number of thioether (sulfide) groups is 2. The van der Waals surface area contributed by atoms with E-state index < -0.39 is 29.2 Å². The second kappa shape index (κ2) is 12.1. The molecular formula is C18H20N5NaO7S3. The van der Waals surface area contributed by atoms with Crippen LogP contribution in [0.1, 0.15) is 5.69 Å². The predicted octanol–water partition coefficient (Wildman–Crippen LogP) is -4.21. The number of oxime groups is 1. The third-order valence-corrected chi connectivity index (χ3v) is 8.40. The molecule has 0 radical (unpaired) electrons. The van der Waals surface area contributed by atoms with E-state index in [4.69, 9.17) is 20.0 Å². The van der Waals surface area contributed by atoms with Gasteiger partial charge in [0.15, 0.2) is 10.8 Å². The molecule has 0 saturated carbocycles. The number of carbonyl (C=O) groups is 3. The number of ether oxygens (including phenoxy) is 2. The molecule has 12 nitrogen and oxygen atoms in total. The van der Waals surface area contributed by atoms with Gasteiger partial charge in [-0.05, 0) is 0 Å². The molecular weight excluding hydrogens is 517 g/mol. The summed E-state index contributed by atoms with van der Waals surface area (Å²) in [6, 6.07) is -0.929. The zero-order chi connectivity index (χ0) is 23.5. The number of hydrogen-bond acceptors (Lipinski definition) is 13. The van der Waals surface area contributed by atoms with Crippen LogP contribution in [0, 0.1) is 5.92 Å². The number of β-lactam (4-membered cyclic amide) rings is 1. The number of thiazole rings is 1. The van der Waals surface area contributed by atoms with Crippen molar-refractivity contribution in [2.24, 2.45) is 11.1 Å². The van der Waals surface area contributed by atoms with Gasteiger partial charge < -0.3 is 35.3 Å². The third kappa shape index (κ3) is 5.73. The number of fused-ring (bicyclic) bond motifs is 1. The molecule has 0 aromatic carbocycles. The Kier molecular flexibility index (Phi) is 9.68. The van der Waals surface area contributed by atoms with Crippen molar-refractivity contribution in [1.82, 2.24) is 15.2 Å². The van der Waals surface area contributed by atoms with E-state index in [9.17, 15) is 19.5 Å². The maximum absolute atomic E-state index is 12.8. The molecule has 2 amide bonds. The monoisotopic (exact) mass is 537 g/mol. The van der Waals surface area contributed by atoms with Crippen LogP contribution in [-0.4, -0.2) is 83.4 Å². The van der Waals surface area contributed by atoms with Crippen molar-refractivity contribution < 1.29 is 63.4 Å². The SMILES string of the molecule is CO/N=C(\C(=O)NC1C(=O)N2C(C(=O)[O-])=C(SCC3COCOC3)CSC12)c1csc(N)n1.[Na+]. The van der Waals surface area contributed by atoms with Gasteiger partial charge in [-0.1, -0.05) is 5.16 Å². The molecule has 1 aromatic heterocycles. The van der Waals surface area contributed by atoms with Gasteiger partial charge in [-0.3, -0.25) is 14.5 Å². The van der Waals surface area contributed by atoms with Gasteiger partial charge in [0.1, 0.15) is 31.0 Å². The first kappa shape index (κ1) is 27.3. The molecule has 1 aromatic rings. The van der Waals surface area contributed by atoms with Gasteiger partial charge in [-0.15, -0.1) is 34.9 Å². The van der Waals surface area contributed by atoms with E-state index in [1.54, 1.807) is 5.38 Å². The molecule has 2 fully saturated rings. The molecule has 4 rings (SSSR count). The van der Waals surface area contributed by atoms with Gasteiger partial charge in [0, 0.05) is 27.7 Å². The van der Waals surface area contributed by atoms with Crippen molar-refractivity contribution in [1.29, 1.82) is 0 Å². The Balaban J connectivity index is 0.00000324. The molecule has 2 atom stereocenters. The van der Waals surface area contributed by atoms with Crippen LogP contribution in [0.25, 0.3) is 0 Å². The van der Waals surface area contributed by atoms with Crippen LogP contribution >= 0.6 is 34.9 Å². The summed E-state index contributed by atoms with van der Waals surface area (Å²) in [4.78, 5) is 48.0. The summed E-state index contributed by atoms with van der Waals surface area (Å²) in [5.41, 5.74) is 5.54. The second-order valence-corrected chi connectivity index (χ2v) is 10.3. The standard InChI is InChI=1S/C18H21N5O7S3.Na/c1-28-22-11(9-5-33-18(19)20-9)14(24)21-12-15(25)23-13(17(26)27)10(6-32-16(12)23)31-4-8-2-29-7-30-3-8;/h5,8,12,16H,2-4,6-7H2,1H3,(H2,19,20)(H,21,24)(H,26,27);/q;+1/p-1/b22-11-;. The number of nitrogen functional groups attached to an aromatic ring is 1. The molecule has 4 heterocycles. The first-order chi connectivity index (χ1) is 15.9. The fourth-order valence-electron chi connectivity index (χ4n) is 3.44. The fraction of sp³-hybridized carbons (Fsp3) is 0.500. The Morgan fingerprint density at radius 1 is 1.44 bits per heavy atom. The molecule has 0 aliphatic carbocycles. The summed E-state index contributed by atoms with van der Waals surface area (Å²) >= 11 is 3.84. The minimum Gasteiger partial charge on any atom is -0.543 e. The minimum absolute atomic E-state index is 0. The first-order valence-corrected chi connectivity index (χ1v) is 12.6. The van der Waals surface area contributed by atoms with Crippen LogP contribution in [0.5, 0.6) is 0 Å². The Morgan fingerprint density at radius 3 is 2.79 bits per heavy atom. The summed E-state index contributed by atoms with van der Waals surface area (Å²) in [6.45, 7) is 1.32. The quantitative estimate of drug-likeness (QED) is 0.143. The van der Waals surface area contributed by atoms with Crippen LogP contribution < -0.4 is 45.7 Å². The molecule has 178 valence electrons. The molecule has 0 bridgehead atoms. The zero-order valence-electron chi connectivity index (χ0n) is 18.3. The molecule has 16 heteroatoms. The van der Waals surface area contributed by atoms with Gasteiger partial charge >= 0.3 is 29.6 Å². The van der Waals surface area contributed by atoms with Gasteiger partial charge in [0.05, 0.1) is 24.9 Å². The largest absolute Gasteiger partial charge is 1.00 e. The number of rotatable bonds is 8. The number of nitrogens with zero attached hydrogens (tertiary/aromatic N) is 3. The average Bonchev–Trinajstić information content (AvgIpc) is 3.25. The molecule has 0 spiro atoms. The smallest absolute Gasteiger partial charge is 0.543 e. The van der Waals surface area contributed by atoms with Crippen LogP contribution in [0.4, 0.5) is 5.13 Å². The minimum atomic E-state index is -1.43. The number of carbonyl (C=O) groups excluding carboxylic acids is 3. The number of aliphatic carboxylic acids is 1. The summed E-state index contributed by atoms with van der Waals surface area (Å²) in [7, 11) is 1.28. The summed E-state index contributed by atoms with van der Waals surface area (Å²) in [6.07, 6.45) is 0. The Bertz CT molecular complexity index is 1010. The number of carboxylic acids is 1. The fourth-order valence-corrected chi connectivity index (χ4v) is 6.67. The second-order valence-electron chi connectivity index (χ2n) is 7.15. The topological polar surface area (TPSA) is 168 Å². The summed E-state index contributed by atoms with van der Waals surface area (Å²) in [5, 5.41) is 19.4. The Labute approximate surface area is 229 Å². The molecule has 34 heavy (non-hydrogen) atoms. The number of aromatic nitrogens is 1. The van der Waals surface area contributed by atoms with Crippen molar-refractivity contribution >= 4 is 63.5 Å². The van der Waals surface area contributed by atoms with Crippen molar-refractivity contribution in [3.05, 3.63) is 21.7 Å². The van der Waals surface area contributed by atoms with Crippen LogP contribution in [0.3, 0.4) is 0 Å². The number of amides is 2. The van der Waals surface area contributed by atoms with Crippen molar-refractivity contribution in [3.8, 4) is 0 Å². The van der Waals surface area contributed by atoms with Crippen molar-refractivity contribution in [2.45, 2.75) is 11.4 Å². The average molecular weight is 538 g/mol. The summed E-state index contributed by atoms with van der Waals surface area (Å²) in [5.74, 6) is -1.58. The molecule has 3 aliphatic heterocycles. The Hall–Kier alpha value is -1.33. The van der Waals surface area contributed by atoms with Crippen LogP contribution in [0.2, 0.25) is 0 Å². The number of carboxylic acid groups (broad SMARTS) is 1. The van der Waals surface area contributed by atoms with Gasteiger partial charge in [0.25, 0.3) is 11.8 Å². The van der Waals surface area contributed by atoms with Crippen LogP contribution in [0.15, 0.2) is 21.1 Å². The number of nitrogens with two attached hydrogens (primary N) is 1. The first-order valence-electron chi connectivity index (χ1n) is 9.71. The van der Waals surface area contributed by atoms with E-state index in [1.165, 1.54) is 35.5 Å². The van der Waals surface area contributed by atoms with Crippen molar-refractivity contribution in [3.63, 3.8) is 0 Å². The maximum atomic E-state index is 12.8. The van der Waals surface area contributed by atoms with Gasteiger partial charge in [-0.2, -0.15) is 0 Å². The zero-order valence-corrected chi connectivity index (χ0v) is 22.8. The third-order valence-electron chi connectivity index (χ3n) is 4.94. The van der Waals surface area contributed by atoms with E-state index in [-0.39, 0.29) is 64.5 Å². The van der Waals surface area contributed by atoms with Gasteiger partial charge in [0.2, 0.25) is 0 Å². The normalized spacial score (nSPS) is 23.0. The molecule has 2 saturated heterocycles. The molecule has 2 unspecified atom stereocenters. The summed E-state index contributed by atoms with van der Waals surface area (Å²) < 4.78 is 10.5. The number of anilines is 1. The molecule has 3 aliphatic rings. The van der Waals surface area contributed by atoms with E-state index in [0.29, 0.717) is 29.6 Å². The van der Waals surface area contributed by atoms with E-state index in [2.05, 4.69) is 15.5 Å². The van der Waals surface area contributed by atoms with Crippen molar-refractivity contribution in [2.75, 3.05) is 44.4 Å². The maximum Gasteiger partial charge on any atom is 1.00 e. The number of hydrogen-bond donors (Lipinski definition) is 2. The van der Waals surface area contributed by atoms with Gasteiger partial charge in [-0.25, -0.2) is 4.98 Å². The van der Waals surface area contributed by atoms with E-state index in [1.807, 2.05) is 0 Å². The Morgan fingerprint density at radius 2 is 2.18 bits per heavy atom. The van der Waals surface area contributed by atoms with E-state index >= 15 is 0 Å². The van der Waals surface area contributed by atoms with Crippen LogP contribution in [-0.2, 0) is 28.7 Å². The van der Waals surface area contributed by atoms with E-state index in [0.717, 1.165) is 11.3 Å². The predicted molar refractivity (Wildman–Crippen MR) is 120 cm³/mol. The molecule has 3 N–H and O–H groups in total. The number of nitrogens with one attached hydrogen (secondary N) is 1.